The highest BCUT2D eigenvalue weighted by molar-refractivity contribution is 6.33. The Morgan fingerprint density at radius 1 is 0.566 bits per heavy atom. The Labute approximate surface area is 312 Å². The minimum absolute atomic E-state index is 0.0835. The third-order valence-electron chi connectivity index (χ3n) is 10.3. The Hall–Kier alpha value is -5.03. The van der Waals surface area contributed by atoms with Gasteiger partial charge in [0, 0.05) is 71.2 Å². The molecule has 11 heteroatoms. The van der Waals surface area contributed by atoms with Gasteiger partial charge >= 0.3 is 0 Å². The summed E-state index contributed by atoms with van der Waals surface area (Å²) in [6.07, 6.45) is 4.30. The Morgan fingerprint density at radius 2 is 0.906 bits per heavy atom. The van der Waals surface area contributed by atoms with Crippen LogP contribution in [0.4, 0.5) is 22.7 Å². The smallest absolute Gasteiger partial charge is 0.196 e. The van der Waals surface area contributed by atoms with Crippen LogP contribution in [0, 0.1) is 11.8 Å². The van der Waals surface area contributed by atoms with Gasteiger partial charge < -0.3 is 31.1 Å². The number of nitrogens with one attached hydrogen (secondary N) is 4. The molecule has 2 saturated carbocycles. The first-order chi connectivity index (χ1) is 25.8. The quantitative estimate of drug-likeness (QED) is 0.0668. The number of aliphatic hydroxyl groups excluding tert-OH is 1. The van der Waals surface area contributed by atoms with Gasteiger partial charge in [-0.3, -0.25) is 19.2 Å². The van der Waals surface area contributed by atoms with E-state index in [9.17, 15) is 24.3 Å². The standard InChI is InChI=1S/C21H21ClN2O3.C21H20N2O3/c22-9-13(25)11-24-17-8-7-16(23-10-12-5-6-12)18-19(17)21(27)15-4-2-1-3-14(15)20(18)26;24-20-14-3-1-2-4-15(14)21(25)19-17(23-10-13-11-26-13)8-7-16(18(19)20)22-9-12-5-6-12/h1-4,7-8,12-13,23-25H,5-6,9-11H2;1-4,7-8,12-13,22-23H,5-6,9-11H2/t2*13-/m10/s1. The van der Waals surface area contributed by atoms with Gasteiger partial charge in [-0.05, 0) is 61.8 Å². The second kappa shape index (κ2) is 14.8. The molecule has 0 amide bonds. The zero-order chi connectivity index (χ0) is 36.6. The molecule has 10 nitrogen and oxygen atoms in total. The predicted octanol–water partition coefficient (Wildman–Crippen LogP) is 6.39. The van der Waals surface area contributed by atoms with Gasteiger partial charge in [-0.2, -0.15) is 0 Å². The largest absolute Gasteiger partial charge is 0.390 e. The first-order valence-electron chi connectivity index (χ1n) is 18.3. The number of fused-ring (bicyclic) bond motifs is 4. The molecule has 4 aromatic carbocycles. The van der Waals surface area contributed by atoms with Crippen molar-refractivity contribution < 1.29 is 29.0 Å². The van der Waals surface area contributed by atoms with E-state index < -0.39 is 6.10 Å². The first kappa shape index (κ1) is 35.0. The molecule has 9 rings (SSSR count). The number of anilines is 4. The average molecular weight is 733 g/mol. The van der Waals surface area contributed by atoms with Gasteiger partial charge in [-0.15, -0.1) is 11.6 Å². The van der Waals surface area contributed by atoms with Crippen LogP contribution in [0.1, 0.15) is 89.4 Å². The van der Waals surface area contributed by atoms with E-state index >= 15 is 0 Å². The number of ketones is 4. The van der Waals surface area contributed by atoms with Gasteiger partial charge in [0.15, 0.2) is 23.1 Å². The number of rotatable bonds is 13. The van der Waals surface area contributed by atoms with E-state index in [0.717, 1.165) is 25.4 Å². The van der Waals surface area contributed by atoms with Gasteiger partial charge in [-0.25, -0.2) is 0 Å². The lowest BCUT2D eigenvalue weighted by Crippen LogP contribution is -2.26. The van der Waals surface area contributed by atoms with Crippen molar-refractivity contribution in [2.45, 2.75) is 37.9 Å². The summed E-state index contributed by atoms with van der Waals surface area (Å²) in [5.74, 6) is 0.893. The van der Waals surface area contributed by atoms with Crippen molar-refractivity contribution in [1.29, 1.82) is 0 Å². The fraction of sp³-hybridized carbons (Fsp3) is 0.333. The molecule has 1 aliphatic heterocycles. The topological polar surface area (TPSA) is 149 Å². The van der Waals surface area contributed by atoms with Crippen LogP contribution in [-0.2, 0) is 4.74 Å². The summed E-state index contributed by atoms with van der Waals surface area (Å²) >= 11 is 5.66. The summed E-state index contributed by atoms with van der Waals surface area (Å²) in [6.45, 7) is 3.23. The molecule has 0 spiro atoms. The lowest BCUT2D eigenvalue weighted by molar-refractivity contribution is 0.0980. The summed E-state index contributed by atoms with van der Waals surface area (Å²) in [6, 6.07) is 21.4. The summed E-state index contributed by atoms with van der Waals surface area (Å²) in [5.41, 5.74) is 6.26. The molecule has 5 aliphatic rings. The fourth-order valence-corrected chi connectivity index (χ4v) is 6.99. The first-order valence-corrected chi connectivity index (χ1v) is 18.9. The summed E-state index contributed by atoms with van der Waals surface area (Å²) in [5, 5.41) is 22.9. The number of halogens is 1. The average Bonchev–Trinajstić information content (AvgIpc) is 4.03. The van der Waals surface area contributed by atoms with E-state index in [2.05, 4.69) is 21.3 Å². The molecule has 0 unspecified atom stereocenters. The Morgan fingerprint density at radius 3 is 1.23 bits per heavy atom. The van der Waals surface area contributed by atoms with E-state index in [1.165, 1.54) is 25.7 Å². The van der Waals surface area contributed by atoms with Crippen LogP contribution in [0.25, 0.3) is 0 Å². The number of epoxide rings is 1. The zero-order valence-corrected chi connectivity index (χ0v) is 29.9. The Bertz CT molecular complexity index is 2050. The summed E-state index contributed by atoms with van der Waals surface area (Å²) in [7, 11) is 0. The highest BCUT2D eigenvalue weighted by atomic mass is 35.5. The number of aliphatic hydroxyl groups is 1. The van der Waals surface area contributed by atoms with E-state index in [-0.39, 0.29) is 41.7 Å². The third-order valence-corrected chi connectivity index (χ3v) is 10.7. The normalized spacial score (nSPS) is 18.4. The van der Waals surface area contributed by atoms with Gasteiger partial charge in [0.2, 0.25) is 0 Å². The third kappa shape index (κ3) is 7.31. The summed E-state index contributed by atoms with van der Waals surface area (Å²) < 4.78 is 5.25. The Balaban J connectivity index is 0.000000151. The van der Waals surface area contributed by atoms with E-state index in [4.69, 9.17) is 16.3 Å². The van der Waals surface area contributed by atoms with Gasteiger partial charge in [0.05, 0.1) is 46.9 Å². The molecule has 4 aliphatic carbocycles. The Kier molecular flexibility index (Phi) is 9.76. The molecule has 1 saturated heterocycles. The van der Waals surface area contributed by atoms with Crippen molar-refractivity contribution >= 4 is 57.5 Å². The van der Waals surface area contributed by atoms with Crippen molar-refractivity contribution in [1.82, 2.24) is 0 Å². The number of benzene rings is 4. The van der Waals surface area contributed by atoms with Crippen LogP contribution in [0.3, 0.4) is 0 Å². The predicted molar refractivity (Wildman–Crippen MR) is 205 cm³/mol. The number of hydrogen-bond acceptors (Lipinski definition) is 10. The lowest BCUT2D eigenvalue weighted by Gasteiger charge is -2.24. The molecule has 0 radical (unpaired) electrons. The van der Waals surface area contributed by atoms with Crippen molar-refractivity contribution in [3.63, 3.8) is 0 Å². The fourth-order valence-electron chi connectivity index (χ4n) is 6.88. The number of carbonyl (C=O) groups excluding carboxylic acids is 4. The minimum Gasteiger partial charge on any atom is -0.390 e. The van der Waals surface area contributed by atoms with Gasteiger partial charge in [0.25, 0.3) is 0 Å². The van der Waals surface area contributed by atoms with Gasteiger partial charge in [0.1, 0.15) is 0 Å². The number of hydrogen-bond donors (Lipinski definition) is 5. The van der Waals surface area contributed by atoms with Crippen molar-refractivity contribution in [3.8, 4) is 0 Å². The highest BCUT2D eigenvalue weighted by Crippen LogP contribution is 2.39. The maximum absolute atomic E-state index is 13.2. The van der Waals surface area contributed by atoms with Crippen LogP contribution >= 0.6 is 11.6 Å². The number of alkyl halides is 1. The molecule has 1 heterocycles. The SMILES string of the molecule is O=C1c2ccccc2C(=O)c2c(NC[C@H](O)CCl)ccc(NCC3CC3)c21.O=C1c2ccccc2C(=O)c2c(NC[C@H]3CO3)ccc(NCC3CC3)c21. The molecular formula is C42H41ClN4O6. The van der Waals surface area contributed by atoms with Crippen LogP contribution in [0.5, 0.6) is 0 Å². The van der Waals surface area contributed by atoms with Crippen LogP contribution in [-0.4, -0.2) is 79.1 Å². The number of ether oxygens (including phenoxy) is 1. The van der Waals surface area contributed by atoms with Crippen molar-refractivity contribution in [3.05, 3.63) is 117 Å². The summed E-state index contributed by atoms with van der Waals surface area (Å²) in [4.78, 5) is 52.8. The monoisotopic (exact) mass is 732 g/mol. The molecule has 53 heavy (non-hydrogen) atoms. The maximum atomic E-state index is 13.2. The second-order valence-corrected chi connectivity index (χ2v) is 14.7. The van der Waals surface area contributed by atoms with Crippen LogP contribution in [0.15, 0.2) is 72.8 Å². The van der Waals surface area contributed by atoms with Crippen molar-refractivity contribution in [2.75, 3.05) is 59.9 Å². The molecule has 5 N–H and O–H groups in total. The second-order valence-electron chi connectivity index (χ2n) is 14.4. The molecule has 2 atom stereocenters. The highest BCUT2D eigenvalue weighted by Gasteiger charge is 2.36. The van der Waals surface area contributed by atoms with E-state index in [1.54, 1.807) is 54.6 Å². The van der Waals surface area contributed by atoms with Crippen molar-refractivity contribution in [2.24, 2.45) is 11.8 Å². The van der Waals surface area contributed by atoms with Crippen LogP contribution in [0.2, 0.25) is 0 Å². The molecule has 4 aromatic rings. The molecule has 3 fully saturated rings. The molecular weight excluding hydrogens is 692 g/mol. The maximum Gasteiger partial charge on any atom is 0.196 e. The van der Waals surface area contributed by atoms with E-state index in [1.807, 2.05) is 18.2 Å². The van der Waals surface area contributed by atoms with Crippen LogP contribution < -0.4 is 21.3 Å². The van der Waals surface area contributed by atoms with Gasteiger partial charge in [-0.1, -0.05) is 48.5 Å². The molecule has 272 valence electrons. The lowest BCUT2D eigenvalue weighted by atomic mass is 9.82. The minimum atomic E-state index is -0.739. The number of carbonyl (C=O) groups is 4. The zero-order valence-electron chi connectivity index (χ0n) is 29.2. The molecule has 0 aromatic heterocycles. The molecule has 0 bridgehead atoms. The van der Waals surface area contributed by atoms with E-state index in [0.29, 0.717) is 80.0 Å².